The second-order valence-corrected chi connectivity index (χ2v) is 12.8. The van der Waals surface area contributed by atoms with Crippen molar-refractivity contribution in [3.05, 3.63) is 42.5 Å². The van der Waals surface area contributed by atoms with Gasteiger partial charge in [-0.2, -0.15) is 0 Å². The first-order valence-corrected chi connectivity index (χ1v) is 13.7. The maximum Gasteiger partial charge on any atom is 0.157 e. The third kappa shape index (κ3) is 7.01. The molecule has 0 spiro atoms. The van der Waals surface area contributed by atoms with Crippen molar-refractivity contribution < 1.29 is 9.47 Å². The zero-order chi connectivity index (χ0) is 18.7. The zero-order valence-corrected chi connectivity index (χ0v) is 18.1. The van der Waals surface area contributed by atoms with Crippen LogP contribution in [-0.2, 0) is 9.47 Å². The third-order valence-electron chi connectivity index (χ3n) is 5.64. The summed E-state index contributed by atoms with van der Waals surface area (Å²) in [7, 11) is -1.48. The summed E-state index contributed by atoms with van der Waals surface area (Å²) in [4.78, 5) is 0. The number of rotatable bonds is 11. The van der Waals surface area contributed by atoms with Gasteiger partial charge < -0.3 is 9.47 Å². The molecule has 3 heteroatoms. The number of hydrogen-bond donors (Lipinski definition) is 0. The van der Waals surface area contributed by atoms with E-state index in [1.165, 1.54) is 32.1 Å². The van der Waals surface area contributed by atoms with Crippen LogP contribution in [0, 0.1) is 0 Å². The van der Waals surface area contributed by atoms with Crippen molar-refractivity contribution in [2.75, 3.05) is 13.2 Å². The molecule has 2 atom stereocenters. The summed E-state index contributed by atoms with van der Waals surface area (Å²) >= 11 is 0. The van der Waals surface area contributed by atoms with Gasteiger partial charge >= 0.3 is 0 Å². The summed E-state index contributed by atoms with van der Waals surface area (Å²) in [5.41, 5.74) is 0.715. The molecule has 1 fully saturated rings. The van der Waals surface area contributed by atoms with Crippen molar-refractivity contribution in [2.45, 2.75) is 83.2 Å². The molecule has 26 heavy (non-hydrogen) atoms. The van der Waals surface area contributed by atoms with Gasteiger partial charge in [-0.15, -0.1) is 0 Å². The van der Waals surface area contributed by atoms with Crippen molar-refractivity contribution in [1.82, 2.24) is 0 Å². The molecule has 0 amide bonds. The van der Waals surface area contributed by atoms with Gasteiger partial charge in [-0.3, -0.25) is 0 Å². The topological polar surface area (TPSA) is 18.5 Å². The smallest absolute Gasteiger partial charge is 0.157 e. The Bertz CT molecular complexity index is 506. The summed E-state index contributed by atoms with van der Waals surface area (Å²) < 4.78 is 11.5. The molecular formula is C23H38O2Si. The lowest BCUT2D eigenvalue weighted by Crippen LogP contribution is -2.45. The number of benzene rings is 1. The van der Waals surface area contributed by atoms with Gasteiger partial charge in [-0.1, -0.05) is 80.5 Å². The number of unbranched alkanes of at least 4 members (excludes halogenated alkanes) is 2. The molecule has 0 bridgehead atoms. The first-order chi connectivity index (χ1) is 12.6. The SMILES string of the molecule is CCCC[C@@H](/C=C/CCCOC1CCCCO1)[Si](C)(C)c1ccccc1. The standard InChI is InChI=1S/C23H38O2Si/c1-4-5-14-21(26(2,3)22-15-8-6-9-16-22)17-10-7-12-19-24-23-18-11-13-20-25-23/h6,8-10,15-17,21,23H,4-5,7,11-14,18-20H2,1-3H3/b17-10+/t21-,23?/m0/s1. The second-order valence-electron chi connectivity index (χ2n) is 8.07. The van der Waals surface area contributed by atoms with Crippen LogP contribution in [0.3, 0.4) is 0 Å². The first-order valence-electron chi connectivity index (χ1n) is 10.6. The predicted molar refractivity (Wildman–Crippen MR) is 115 cm³/mol. The van der Waals surface area contributed by atoms with Crippen molar-refractivity contribution in [3.63, 3.8) is 0 Å². The summed E-state index contributed by atoms with van der Waals surface area (Å²) in [6.45, 7) is 9.02. The maximum atomic E-state index is 5.84. The van der Waals surface area contributed by atoms with Crippen molar-refractivity contribution in [1.29, 1.82) is 0 Å². The summed E-state index contributed by atoms with van der Waals surface area (Å²) in [5.74, 6) is 0. The minimum Gasteiger partial charge on any atom is -0.353 e. The van der Waals surface area contributed by atoms with Crippen LogP contribution in [0.4, 0.5) is 0 Å². The first kappa shape index (κ1) is 21.4. The van der Waals surface area contributed by atoms with E-state index in [-0.39, 0.29) is 6.29 Å². The van der Waals surface area contributed by atoms with Crippen LogP contribution < -0.4 is 5.19 Å². The molecule has 0 saturated carbocycles. The quantitative estimate of drug-likeness (QED) is 0.267. The molecular weight excluding hydrogens is 336 g/mol. The lowest BCUT2D eigenvalue weighted by atomic mass is 10.1. The Morgan fingerprint density at radius 1 is 1.19 bits per heavy atom. The maximum absolute atomic E-state index is 5.84. The molecule has 1 aromatic carbocycles. The highest BCUT2D eigenvalue weighted by Crippen LogP contribution is 2.29. The monoisotopic (exact) mass is 374 g/mol. The van der Waals surface area contributed by atoms with Gasteiger partial charge in [0.15, 0.2) is 6.29 Å². The Morgan fingerprint density at radius 2 is 2.00 bits per heavy atom. The van der Waals surface area contributed by atoms with Gasteiger partial charge in [-0.25, -0.2) is 0 Å². The van der Waals surface area contributed by atoms with E-state index in [1.807, 2.05) is 0 Å². The van der Waals surface area contributed by atoms with E-state index in [9.17, 15) is 0 Å². The minimum absolute atomic E-state index is 0.0504. The fourth-order valence-corrected chi connectivity index (χ4v) is 6.75. The van der Waals surface area contributed by atoms with Crippen molar-refractivity contribution in [3.8, 4) is 0 Å². The summed E-state index contributed by atoms with van der Waals surface area (Å²) in [5, 5.41) is 1.57. The molecule has 1 unspecified atom stereocenters. The molecule has 1 aliphatic rings. The van der Waals surface area contributed by atoms with E-state index in [2.05, 4.69) is 62.5 Å². The van der Waals surface area contributed by atoms with Crippen LogP contribution in [0.5, 0.6) is 0 Å². The van der Waals surface area contributed by atoms with Crippen LogP contribution in [0.2, 0.25) is 18.6 Å². The molecule has 2 rings (SSSR count). The Balaban J connectivity index is 1.81. The van der Waals surface area contributed by atoms with Crippen LogP contribution in [0.25, 0.3) is 0 Å². The predicted octanol–water partition coefficient (Wildman–Crippen LogP) is 6.04. The summed E-state index contributed by atoms with van der Waals surface area (Å²) in [6.07, 6.45) is 14.6. The molecule has 0 aromatic heterocycles. The van der Waals surface area contributed by atoms with Crippen molar-refractivity contribution >= 4 is 13.3 Å². The third-order valence-corrected chi connectivity index (χ3v) is 9.80. The van der Waals surface area contributed by atoms with E-state index in [0.29, 0.717) is 5.54 Å². The average molecular weight is 375 g/mol. The van der Waals surface area contributed by atoms with E-state index < -0.39 is 8.07 Å². The highest BCUT2D eigenvalue weighted by Gasteiger charge is 2.31. The lowest BCUT2D eigenvalue weighted by molar-refractivity contribution is -0.162. The van der Waals surface area contributed by atoms with E-state index in [0.717, 1.165) is 32.5 Å². The Hall–Kier alpha value is -0.903. The molecule has 1 saturated heterocycles. The van der Waals surface area contributed by atoms with Gasteiger partial charge in [-0.05, 0) is 44.1 Å². The second kappa shape index (κ2) is 11.7. The van der Waals surface area contributed by atoms with Gasteiger partial charge in [0.05, 0.1) is 14.7 Å². The lowest BCUT2D eigenvalue weighted by Gasteiger charge is -2.31. The van der Waals surface area contributed by atoms with E-state index in [1.54, 1.807) is 5.19 Å². The number of allylic oxidation sites excluding steroid dienone is 2. The average Bonchev–Trinajstić information content (AvgIpc) is 2.68. The van der Waals surface area contributed by atoms with Gasteiger partial charge in [0.2, 0.25) is 0 Å². The molecule has 2 nitrogen and oxygen atoms in total. The van der Waals surface area contributed by atoms with Crippen LogP contribution in [0.15, 0.2) is 42.5 Å². The van der Waals surface area contributed by atoms with Crippen LogP contribution >= 0.6 is 0 Å². The van der Waals surface area contributed by atoms with Gasteiger partial charge in [0.25, 0.3) is 0 Å². The van der Waals surface area contributed by atoms with Gasteiger partial charge in [0.1, 0.15) is 0 Å². The number of hydrogen-bond acceptors (Lipinski definition) is 2. The fourth-order valence-electron chi connectivity index (χ4n) is 3.72. The molecule has 0 aliphatic carbocycles. The van der Waals surface area contributed by atoms with Crippen LogP contribution in [0.1, 0.15) is 58.3 Å². The minimum atomic E-state index is -1.48. The normalized spacial score (nSPS) is 19.7. The fraction of sp³-hybridized carbons (Fsp3) is 0.652. The van der Waals surface area contributed by atoms with Crippen LogP contribution in [-0.4, -0.2) is 27.6 Å². The summed E-state index contributed by atoms with van der Waals surface area (Å²) in [6, 6.07) is 11.2. The van der Waals surface area contributed by atoms with Gasteiger partial charge in [0, 0.05) is 6.61 Å². The highest BCUT2D eigenvalue weighted by atomic mass is 28.3. The molecule has 1 aromatic rings. The molecule has 1 heterocycles. The molecule has 0 N–H and O–H groups in total. The molecule has 1 aliphatic heterocycles. The Labute approximate surface area is 162 Å². The molecule has 146 valence electrons. The van der Waals surface area contributed by atoms with E-state index >= 15 is 0 Å². The number of ether oxygens (including phenoxy) is 2. The largest absolute Gasteiger partial charge is 0.353 e. The van der Waals surface area contributed by atoms with E-state index in [4.69, 9.17) is 9.47 Å². The highest BCUT2D eigenvalue weighted by molar-refractivity contribution is 6.91. The van der Waals surface area contributed by atoms with Crippen molar-refractivity contribution in [2.24, 2.45) is 0 Å². The zero-order valence-electron chi connectivity index (χ0n) is 17.1. The Morgan fingerprint density at radius 3 is 2.69 bits per heavy atom. The Kier molecular flexibility index (Phi) is 9.66. The molecule has 0 radical (unpaired) electrons.